The Morgan fingerprint density at radius 3 is 2.38 bits per heavy atom. The molecule has 29 heavy (non-hydrogen) atoms. The highest BCUT2D eigenvalue weighted by Crippen LogP contribution is 2.21. The van der Waals surface area contributed by atoms with Gasteiger partial charge in [-0.25, -0.2) is 18.4 Å². The van der Waals surface area contributed by atoms with E-state index in [1.807, 2.05) is 36.4 Å². The third-order valence-corrected chi connectivity index (χ3v) is 5.67. The second kappa shape index (κ2) is 7.67. The number of sulfone groups is 1. The van der Waals surface area contributed by atoms with E-state index in [4.69, 9.17) is 4.42 Å². The van der Waals surface area contributed by atoms with Gasteiger partial charge < -0.3 is 14.2 Å². The molecule has 2 aromatic heterocycles. The van der Waals surface area contributed by atoms with Crippen molar-refractivity contribution < 1.29 is 17.6 Å². The molecule has 0 atom stereocenters. The molecule has 1 fully saturated rings. The maximum absolute atomic E-state index is 12.6. The molecule has 0 saturated carbocycles. The predicted octanol–water partition coefficient (Wildman–Crippen LogP) is 2.10. The van der Waals surface area contributed by atoms with Crippen LogP contribution in [0.15, 0.2) is 64.2 Å². The molecule has 1 amide bonds. The van der Waals surface area contributed by atoms with Crippen LogP contribution in [0.2, 0.25) is 0 Å². The number of carbonyl (C=O) groups is 1. The highest BCUT2D eigenvalue weighted by atomic mass is 32.2. The van der Waals surface area contributed by atoms with Gasteiger partial charge in [0.15, 0.2) is 11.6 Å². The van der Waals surface area contributed by atoms with Gasteiger partial charge in [-0.15, -0.1) is 0 Å². The van der Waals surface area contributed by atoms with Gasteiger partial charge in [0.05, 0.1) is 0 Å². The summed E-state index contributed by atoms with van der Waals surface area (Å²) in [5.41, 5.74) is 0.947. The zero-order chi connectivity index (χ0) is 20.4. The smallest absolute Gasteiger partial charge is 0.289 e. The molecule has 1 aromatic carbocycles. The Balaban J connectivity index is 1.43. The zero-order valence-electron chi connectivity index (χ0n) is 15.9. The van der Waals surface area contributed by atoms with Crippen molar-refractivity contribution in [3.63, 3.8) is 0 Å². The number of carbonyl (C=O) groups excluding carboxylic acids is 1. The molecule has 4 rings (SSSR count). The van der Waals surface area contributed by atoms with E-state index in [2.05, 4.69) is 14.9 Å². The summed E-state index contributed by atoms with van der Waals surface area (Å²) >= 11 is 0. The minimum Gasteiger partial charge on any atom is -0.440 e. The Morgan fingerprint density at radius 2 is 1.72 bits per heavy atom. The molecule has 1 aliphatic rings. The molecule has 0 unspecified atom stereocenters. The fraction of sp³-hybridized carbons (Fsp3) is 0.250. The van der Waals surface area contributed by atoms with Gasteiger partial charge in [0.1, 0.15) is 5.82 Å². The number of aromatic nitrogens is 2. The first kappa shape index (κ1) is 19.1. The van der Waals surface area contributed by atoms with E-state index < -0.39 is 9.84 Å². The Kier molecular flexibility index (Phi) is 5.06. The summed E-state index contributed by atoms with van der Waals surface area (Å²) in [6, 6.07) is 14.3. The molecule has 0 N–H and O–H groups in total. The summed E-state index contributed by atoms with van der Waals surface area (Å²) in [5.74, 6) is 1.19. The van der Waals surface area contributed by atoms with Crippen molar-refractivity contribution in [1.29, 1.82) is 0 Å². The maximum atomic E-state index is 12.6. The molecule has 0 radical (unpaired) electrons. The van der Waals surface area contributed by atoms with Crippen LogP contribution in [0.3, 0.4) is 0 Å². The number of hydrogen-bond donors (Lipinski definition) is 0. The summed E-state index contributed by atoms with van der Waals surface area (Å²) in [5, 5.41) is -0.200. The van der Waals surface area contributed by atoms with Crippen LogP contribution in [0.5, 0.6) is 0 Å². The van der Waals surface area contributed by atoms with Crippen LogP contribution in [0.4, 0.5) is 5.82 Å². The van der Waals surface area contributed by atoms with Crippen LogP contribution in [0, 0.1) is 0 Å². The Bertz CT molecular complexity index is 1120. The summed E-state index contributed by atoms with van der Waals surface area (Å²) in [4.78, 5) is 25.4. The number of furan rings is 1. The van der Waals surface area contributed by atoms with Crippen molar-refractivity contribution in [2.24, 2.45) is 0 Å². The summed E-state index contributed by atoms with van der Waals surface area (Å²) in [6.07, 6.45) is 2.78. The average molecular weight is 412 g/mol. The molecule has 0 bridgehead atoms. The number of hydrogen-bond acceptors (Lipinski definition) is 7. The van der Waals surface area contributed by atoms with E-state index in [0.29, 0.717) is 32.0 Å². The first-order valence-corrected chi connectivity index (χ1v) is 11.0. The normalized spacial score (nSPS) is 14.8. The van der Waals surface area contributed by atoms with E-state index in [1.54, 1.807) is 11.1 Å². The molecular weight excluding hydrogens is 392 g/mol. The van der Waals surface area contributed by atoms with E-state index in [9.17, 15) is 13.2 Å². The predicted molar refractivity (Wildman–Crippen MR) is 107 cm³/mol. The van der Waals surface area contributed by atoms with Crippen LogP contribution in [-0.4, -0.2) is 61.6 Å². The molecule has 0 spiro atoms. The number of anilines is 1. The molecule has 9 heteroatoms. The largest absolute Gasteiger partial charge is 0.440 e. The lowest BCUT2D eigenvalue weighted by Gasteiger charge is -2.35. The monoisotopic (exact) mass is 412 g/mol. The van der Waals surface area contributed by atoms with E-state index in [1.165, 1.54) is 12.1 Å². The van der Waals surface area contributed by atoms with Crippen LogP contribution in [0.1, 0.15) is 10.6 Å². The van der Waals surface area contributed by atoms with Gasteiger partial charge in [0, 0.05) is 44.2 Å². The van der Waals surface area contributed by atoms with Gasteiger partial charge in [-0.3, -0.25) is 4.79 Å². The van der Waals surface area contributed by atoms with Gasteiger partial charge in [-0.1, -0.05) is 30.3 Å². The van der Waals surface area contributed by atoms with Gasteiger partial charge in [-0.05, 0) is 18.2 Å². The fourth-order valence-electron chi connectivity index (χ4n) is 3.18. The number of piperazine rings is 1. The Hall–Kier alpha value is -3.20. The SMILES string of the molecule is CS(=O)(=O)c1ccc(C(=O)N2CCN(c3ccnc(-c4ccccc4)n3)CC2)o1. The first-order chi connectivity index (χ1) is 13.9. The Morgan fingerprint density at radius 1 is 1.00 bits per heavy atom. The van der Waals surface area contributed by atoms with Crippen molar-refractivity contribution in [3.8, 4) is 11.4 Å². The minimum atomic E-state index is -3.48. The van der Waals surface area contributed by atoms with Gasteiger partial charge in [0.2, 0.25) is 14.9 Å². The van der Waals surface area contributed by atoms with E-state index >= 15 is 0 Å². The van der Waals surface area contributed by atoms with E-state index in [0.717, 1.165) is 17.6 Å². The first-order valence-electron chi connectivity index (χ1n) is 9.14. The standard InChI is InChI=1S/C20H20N4O4S/c1-29(26,27)18-8-7-16(28-18)20(25)24-13-11-23(12-14-24)17-9-10-21-19(22-17)15-5-3-2-4-6-15/h2-10H,11-14H2,1H3. The molecule has 1 saturated heterocycles. The summed E-state index contributed by atoms with van der Waals surface area (Å²) in [7, 11) is -3.48. The molecule has 150 valence electrons. The average Bonchev–Trinajstić information content (AvgIpc) is 3.25. The minimum absolute atomic E-state index is 0.0345. The van der Waals surface area contributed by atoms with Crippen molar-refractivity contribution in [1.82, 2.24) is 14.9 Å². The quantitative estimate of drug-likeness (QED) is 0.647. The summed E-state index contributed by atoms with van der Waals surface area (Å²) in [6.45, 7) is 2.18. The topological polar surface area (TPSA) is 96.6 Å². The highest BCUT2D eigenvalue weighted by molar-refractivity contribution is 7.90. The Labute approximate surface area is 168 Å². The number of rotatable bonds is 4. The van der Waals surface area contributed by atoms with Crippen molar-refractivity contribution in [2.75, 3.05) is 37.3 Å². The van der Waals surface area contributed by atoms with Gasteiger partial charge >= 0.3 is 0 Å². The van der Waals surface area contributed by atoms with Crippen molar-refractivity contribution in [2.45, 2.75) is 5.09 Å². The lowest BCUT2D eigenvalue weighted by atomic mass is 10.2. The lowest BCUT2D eigenvalue weighted by molar-refractivity contribution is 0.0708. The maximum Gasteiger partial charge on any atom is 0.289 e. The van der Waals surface area contributed by atoms with Crippen LogP contribution < -0.4 is 4.90 Å². The van der Waals surface area contributed by atoms with Crippen LogP contribution >= 0.6 is 0 Å². The van der Waals surface area contributed by atoms with Crippen molar-refractivity contribution >= 4 is 21.6 Å². The molecule has 1 aliphatic heterocycles. The van der Waals surface area contributed by atoms with Gasteiger partial charge in [-0.2, -0.15) is 0 Å². The molecule has 0 aliphatic carbocycles. The molecular formula is C20H20N4O4S. The number of amides is 1. The third kappa shape index (κ3) is 4.14. The van der Waals surface area contributed by atoms with Gasteiger partial charge in [0.25, 0.3) is 5.91 Å². The zero-order valence-corrected chi connectivity index (χ0v) is 16.7. The fourth-order valence-corrected chi connectivity index (χ4v) is 3.74. The number of nitrogens with zero attached hydrogens (tertiary/aromatic N) is 4. The second-order valence-electron chi connectivity index (χ2n) is 6.77. The van der Waals surface area contributed by atoms with Crippen LogP contribution in [0.25, 0.3) is 11.4 Å². The third-order valence-electron chi connectivity index (χ3n) is 4.72. The van der Waals surface area contributed by atoms with Crippen molar-refractivity contribution in [3.05, 3.63) is 60.5 Å². The second-order valence-corrected chi connectivity index (χ2v) is 8.72. The highest BCUT2D eigenvalue weighted by Gasteiger charge is 2.26. The summed E-state index contributed by atoms with van der Waals surface area (Å²) < 4.78 is 28.3. The molecule has 8 nitrogen and oxygen atoms in total. The molecule has 3 heterocycles. The molecule has 3 aromatic rings. The number of benzene rings is 1. The lowest BCUT2D eigenvalue weighted by Crippen LogP contribution is -2.49. The van der Waals surface area contributed by atoms with Crippen LogP contribution in [-0.2, 0) is 9.84 Å². The van der Waals surface area contributed by atoms with E-state index in [-0.39, 0.29) is 16.8 Å².